The number of hydrogen-bond donors (Lipinski definition) is 0. The van der Waals surface area contributed by atoms with E-state index in [1.165, 1.54) is 19.3 Å². The summed E-state index contributed by atoms with van der Waals surface area (Å²) in [5.74, 6) is 2.86. The molecule has 122 valence electrons. The maximum atomic E-state index is 10.6. The zero-order chi connectivity index (χ0) is 15.7. The minimum Gasteiger partial charge on any atom is -0.465 e. The highest BCUT2D eigenvalue weighted by molar-refractivity contribution is 5.37. The zero-order valence-corrected chi connectivity index (χ0v) is 14.4. The molecule has 0 amide bonds. The van der Waals surface area contributed by atoms with E-state index in [0.29, 0.717) is 18.3 Å². The standard InChI is InChI=1S/C19H34O2/c1-5-6-7-19(21-14-20)11-10-18-13-16(3)12-15(2)8-9-17(18)4/h8-9,14-19H,5-7,10-13H2,1-4H3/t15-,16-,17?,18?,19+/m1/s1. The lowest BCUT2D eigenvalue weighted by atomic mass is 9.77. The van der Waals surface area contributed by atoms with Crippen LogP contribution in [0.15, 0.2) is 12.2 Å². The highest BCUT2D eigenvalue weighted by Crippen LogP contribution is 2.33. The summed E-state index contributed by atoms with van der Waals surface area (Å²) in [5.41, 5.74) is 0. The third-order valence-corrected chi connectivity index (χ3v) is 4.95. The van der Waals surface area contributed by atoms with Crippen molar-refractivity contribution >= 4 is 6.47 Å². The van der Waals surface area contributed by atoms with Crippen LogP contribution in [0.1, 0.15) is 72.6 Å². The quantitative estimate of drug-likeness (QED) is 0.444. The molecule has 0 aromatic rings. The van der Waals surface area contributed by atoms with Crippen molar-refractivity contribution in [2.45, 2.75) is 78.7 Å². The zero-order valence-electron chi connectivity index (χ0n) is 14.4. The van der Waals surface area contributed by atoms with Gasteiger partial charge >= 0.3 is 0 Å². The molecule has 0 radical (unpaired) electrons. The highest BCUT2D eigenvalue weighted by atomic mass is 16.5. The number of carbonyl (C=O) groups excluding carboxylic acids is 1. The van der Waals surface area contributed by atoms with E-state index >= 15 is 0 Å². The van der Waals surface area contributed by atoms with Crippen molar-refractivity contribution in [1.29, 1.82) is 0 Å². The molecule has 1 aliphatic carbocycles. The van der Waals surface area contributed by atoms with Gasteiger partial charge in [-0.15, -0.1) is 0 Å². The Morgan fingerprint density at radius 1 is 1.19 bits per heavy atom. The van der Waals surface area contributed by atoms with E-state index in [9.17, 15) is 4.79 Å². The summed E-state index contributed by atoms with van der Waals surface area (Å²) >= 11 is 0. The van der Waals surface area contributed by atoms with E-state index in [2.05, 4.69) is 39.8 Å². The van der Waals surface area contributed by atoms with E-state index < -0.39 is 0 Å². The van der Waals surface area contributed by atoms with Crippen LogP contribution >= 0.6 is 0 Å². The minimum atomic E-state index is 0.123. The molecule has 0 saturated carbocycles. The maximum absolute atomic E-state index is 10.6. The van der Waals surface area contributed by atoms with E-state index in [0.717, 1.165) is 37.5 Å². The summed E-state index contributed by atoms with van der Waals surface area (Å²) in [5, 5.41) is 0. The van der Waals surface area contributed by atoms with Gasteiger partial charge in [-0.1, -0.05) is 52.7 Å². The predicted molar refractivity (Wildman–Crippen MR) is 89.1 cm³/mol. The number of carbonyl (C=O) groups is 1. The van der Waals surface area contributed by atoms with Crippen molar-refractivity contribution in [1.82, 2.24) is 0 Å². The Balaban J connectivity index is 2.52. The lowest BCUT2D eigenvalue weighted by Crippen LogP contribution is -2.21. The van der Waals surface area contributed by atoms with Gasteiger partial charge in [-0.05, 0) is 55.8 Å². The molecule has 1 aliphatic rings. The molecule has 2 nitrogen and oxygen atoms in total. The van der Waals surface area contributed by atoms with E-state index in [1.807, 2.05) is 0 Å². The first-order chi connectivity index (χ1) is 10.1. The second kappa shape index (κ2) is 10.0. The number of rotatable bonds is 8. The highest BCUT2D eigenvalue weighted by Gasteiger charge is 2.23. The van der Waals surface area contributed by atoms with Crippen molar-refractivity contribution in [3.05, 3.63) is 12.2 Å². The van der Waals surface area contributed by atoms with Gasteiger partial charge in [0, 0.05) is 0 Å². The number of unbranched alkanes of at least 4 members (excludes halogenated alkanes) is 1. The lowest BCUT2D eigenvalue weighted by Gasteiger charge is -2.29. The van der Waals surface area contributed by atoms with Crippen LogP contribution in [0.4, 0.5) is 0 Å². The molecule has 0 aliphatic heterocycles. The second-order valence-corrected chi connectivity index (χ2v) is 7.13. The van der Waals surface area contributed by atoms with Gasteiger partial charge < -0.3 is 4.74 Å². The van der Waals surface area contributed by atoms with Crippen LogP contribution in [0.25, 0.3) is 0 Å². The first kappa shape index (κ1) is 18.3. The molecule has 0 spiro atoms. The molecule has 21 heavy (non-hydrogen) atoms. The van der Waals surface area contributed by atoms with Gasteiger partial charge in [0.1, 0.15) is 6.10 Å². The molecule has 0 aromatic carbocycles. The van der Waals surface area contributed by atoms with Crippen molar-refractivity contribution in [2.24, 2.45) is 23.7 Å². The van der Waals surface area contributed by atoms with Gasteiger partial charge in [0.2, 0.25) is 0 Å². The van der Waals surface area contributed by atoms with Crippen molar-refractivity contribution in [3.8, 4) is 0 Å². The van der Waals surface area contributed by atoms with Crippen LogP contribution in [0.2, 0.25) is 0 Å². The van der Waals surface area contributed by atoms with E-state index in [4.69, 9.17) is 4.74 Å². The fourth-order valence-electron chi connectivity index (χ4n) is 3.63. The van der Waals surface area contributed by atoms with Gasteiger partial charge in [-0.3, -0.25) is 4.79 Å². The Hall–Kier alpha value is -0.790. The van der Waals surface area contributed by atoms with Crippen LogP contribution in [0, 0.1) is 23.7 Å². The van der Waals surface area contributed by atoms with Crippen molar-refractivity contribution < 1.29 is 9.53 Å². The molecule has 0 fully saturated rings. The van der Waals surface area contributed by atoms with Crippen LogP contribution < -0.4 is 0 Å². The largest absolute Gasteiger partial charge is 0.465 e. The van der Waals surface area contributed by atoms with Crippen LogP contribution in [-0.4, -0.2) is 12.6 Å². The van der Waals surface area contributed by atoms with E-state index in [1.54, 1.807) is 0 Å². The normalized spacial score (nSPS) is 31.2. The van der Waals surface area contributed by atoms with Crippen molar-refractivity contribution in [3.63, 3.8) is 0 Å². The smallest absolute Gasteiger partial charge is 0.293 e. The molecule has 0 aromatic heterocycles. The molecule has 2 unspecified atom stereocenters. The Kier molecular flexibility index (Phi) is 8.72. The SMILES string of the molecule is CCCC[C@@H](CCC1C[C@H](C)C[C@H](C)C=CC1C)OC=O. The Morgan fingerprint density at radius 3 is 2.62 bits per heavy atom. The Bertz CT molecular complexity index is 311. The molecular weight excluding hydrogens is 260 g/mol. The molecule has 0 saturated heterocycles. The van der Waals surface area contributed by atoms with Gasteiger partial charge in [-0.2, -0.15) is 0 Å². The number of hydrogen-bond acceptors (Lipinski definition) is 2. The maximum Gasteiger partial charge on any atom is 0.293 e. The van der Waals surface area contributed by atoms with Gasteiger partial charge in [0.25, 0.3) is 6.47 Å². The van der Waals surface area contributed by atoms with Gasteiger partial charge in [-0.25, -0.2) is 0 Å². The molecule has 0 heterocycles. The average Bonchev–Trinajstić information content (AvgIpc) is 2.44. The summed E-state index contributed by atoms with van der Waals surface area (Å²) in [6.07, 6.45) is 13.0. The summed E-state index contributed by atoms with van der Waals surface area (Å²) in [6, 6.07) is 0. The Morgan fingerprint density at radius 2 is 1.95 bits per heavy atom. The predicted octanol–water partition coefficient (Wildman–Crippen LogP) is 5.37. The van der Waals surface area contributed by atoms with Crippen LogP contribution in [0.3, 0.4) is 0 Å². The molecule has 0 bridgehead atoms. The first-order valence-electron chi connectivity index (χ1n) is 8.84. The van der Waals surface area contributed by atoms with E-state index in [-0.39, 0.29) is 6.10 Å². The number of ether oxygens (including phenoxy) is 1. The molecule has 0 N–H and O–H groups in total. The topological polar surface area (TPSA) is 26.3 Å². The second-order valence-electron chi connectivity index (χ2n) is 7.13. The molecule has 5 atom stereocenters. The fraction of sp³-hybridized carbons (Fsp3) is 0.842. The summed E-state index contributed by atoms with van der Waals surface area (Å²) in [4.78, 5) is 10.6. The number of allylic oxidation sites excluding steroid dienone is 2. The van der Waals surface area contributed by atoms with Gasteiger partial charge in [0.15, 0.2) is 0 Å². The molecule has 2 heteroatoms. The molecule has 1 rings (SSSR count). The fourth-order valence-corrected chi connectivity index (χ4v) is 3.63. The summed E-state index contributed by atoms with van der Waals surface area (Å²) in [6.45, 7) is 9.85. The Labute approximate surface area is 131 Å². The summed E-state index contributed by atoms with van der Waals surface area (Å²) in [7, 11) is 0. The molecular formula is C19H34O2. The van der Waals surface area contributed by atoms with Gasteiger partial charge in [0.05, 0.1) is 0 Å². The third-order valence-electron chi connectivity index (χ3n) is 4.95. The third kappa shape index (κ3) is 7.15. The minimum absolute atomic E-state index is 0.123. The monoisotopic (exact) mass is 294 g/mol. The van der Waals surface area contributed by atoms with Crippen molar-refractivity contribution in [2.75, 3.05) is 0 Å². The van der Waals surface area contributed by atoms with Crippen LogP contribution in [-0.2, 0) is 9.53 Å². The summed E-state index contributed by atoms with van der Waals surface area (Å²) < 4.78 is 5.27. The first-order valence-corrected chi connectivity index (χ1v) is 8.84. The van der Waals surface area contributed by atoms with Crippen LogP contribution in [0.5, 0.6) is 0 Å². The average molecular weight is 294 g/mol. The lowest BCUT2D eigenvalue weighted by molar-refractivity contribution is -0.134.